The first-order chi connectivity index (χ1) is 20.6. The van der Waals surface area contributed by atoms with E-state index in [1.165, 1.54) is 16.8 Å². The Morgan fingerprint density at radius 3 is 2.14 bits per heavy atom. The average Bonchev–Trinajstić information content (AvgIpc) is 3.34. The first-order valence-electron chi connectivity index (χ1n) is 14.9. The minimum absolute atomic E-state index is 0.0590. The molecule has 2 bridgehead atoms. The predicted octanol–water partition coefficient (Wildman–Crippen LogP) is 6.89. The van der Waals surface area contributed by atoms with Gasteiger partial charge in [-0.1, -0.05) is 78.9 Å². The van der Waals surface area contributed by atoms with Crippen molar-refractivity contribution < 1.29 is 14.3 Å². The molecule has 42 heavy (non-hydrogen) atoms. The molecule has 212 valence electrons. The van der Waals surface area contributed by atoms with E-state index in [1.807, 2.05) is 82.6 Å². The lowest BCUT2D eigenvalue weighted by molar-refractivity contribution is 0.0694. The fourth-order valence-electron chi connectivity index (χ4n) is 6.77. The lowest BCUT2D eigenvalue weighted by Crippen LogP contribution is -2.48. The predicted molar refractivity (Wildman–Crippen MR) is 164 cm³/mol. The van der Waals surface area contributed by atoms with Gasteiger partial charge < -0.3 is 19.4 Å². The molecule has 3 aliphatic rings. The molecule has 2 fully saturated rings. The smallest absolute Gasteiger partial charge is 0.410 e. The van der Waals surface area contributed by atoms with Crippen LogP contribution >= 0.6 is 0 Å². The van der Waals surface area contributed by atoms with Gasteiger partial charge in [0.15, 0.2) is 0 Å². The molecule has 2 aliphatic heterocycles. The normalized spacial score (nSPS) is 19.4. The van der Waals surface area contributed by atoms with Crippen molar-refractivity contribution in [1.82, 2.24) is 9.80 Å². The van der Waals surface area contributed by atoms with E-state index >= 15 is 0 Å². The monoisotopic (exact) mass is 557 g/mol. The zero-order valence-electron chi connectivity index (χ0n) is 23.7. The van der Waals surface area contributed by atoms with Crippen LogP contribution in [0.2, 0.25) is 0 Å². The molecule has 1 unspecified atom stereocenters. The van der Waals surface area contributed by atoms with E-state index in [0.29, 0.717) is 25.6 Å². The SMILES string of the molecule is O=C(c1ccc(-c2ccccc2)cc1)N1CCN(c2ccc3c(c2)C2C[C@H]3CCN2C(=O)OCc2ccccc2)CC1. The van der Waals surface area contributed by atoms with E-state index in [-0.39, 0.29) is 18.0 Å². The van der Waals surface area contributed by atoms with Crippen LogP contribution in [-0.4, -0.2) is 54.5 Å². The molecule has 7 rings (SSSR count). The lowest BCUT2D eigenvalue weighted by atomic mass is 9.96. The fraction of sp³-hybridized carbons (Fsp3) is 0.278. The molecular formula is C36H35N3O3. The van der Waals surface area contributed by atoms with Gasteiger partial charge in [-0.3, -0.25) is 4.79 Å². The summed E-state index contributed by atoms with van der Waals surface area (Å²) in [5.41, 5.74) is 7.78. The molecule has 4 aromatic carbocycles. The van der Waals surface area contributed by atoms with E-state index in [1.54, 1.807) is 0 Å². The first-order valence-corrected chi connectivity index (χ1v) is 14.9. The zero-order chi connectivity index (χ0) is 28.5. The Labute approximate surface area is 247 Å². The van der Waals surface area contributed by atoms with Crippen molar-refractivity contribution in [3.8, 4) is 11.1 Å². The average molecular weight is 558 g/mol. The molecule has 0 saturated carbocycles. The molecule has 0 aromatic heterocycles. The standard InChI is InChI=1S/C36H35N3O3/c40-35(29-13-11-28(12-14-29)27-9-5-2-6-10-27)38-21-19-37(20-22-38)31-15-16-32-30-17-18-39(34(23-30)33(32)24-31)36(41)42-25-26-7-3-1-4-8-26/h1-16,24,30,34H,17-23,25H2/t30-,34?/m1/s1. The number of piperidine rings is 1. The van der Waals surface area contributed by atoms with Gasteiger partial charge in [-0.15, -0.1) is 0 Å². The molecule has 0 spiro atoms. The third-order valence-electron chi connectivity index (χ3n) is 9.08. The van der Waals surface area contributed by atoms with Crippen molar-refractivity contribution >= 4 is 17.7 Å². The number of fused-ring (bicyclic) bond motifs is 5. The van der Waals surface area contributed by atoms with Crippen LogP contribution in [0.25, 0.3) is 11.1 Å². The van der Waals surface area contributed by atoms with Crippen molar-refractivity contribution in [2.24, 2.45) is 0 Å². The topological polar surface area (TPSA) is 53.1 Å². The number of rotatable bonds is 5. The largest absolute Gasteiger partial charge is 0.445 e. The summed E-state index contributed by atoms with van der Waals surface area (Å²) in [5, 5.41) is 0. The van der Waals surface area contributed by atoms with Crippen LogP contribution in [0, 0.1) is 0 Å². The summed E-state index contributed by atoms with van der Waals surface area (Å²) >= 11 is 0. The maximum absolute atomic E-state index is 13.3. The van der Waals surface area contributed by atoms with E-state index in [9.17, 15) is 9.59 Å². The Bertz CT molecular complexity index is 1560. The summed E-state index contributed by atoms with van der Waals surface area (Å²) in [5.74, 6) is 0.585. The van der Waals surface area contributed by atoms with Crippen LogP contribution in [0.1, 0.15) is 51.8 Å². The van der Waals surface area contributed by atoms with Gasteiger partial charge in [0, 0.05) is 44.0 Å². The highest BCUT2D eigenvalue weighted by Crippen LogP contribution is 2.50. The number of benzene rings is 4. The van der Waals surface area contributed by atoms with Crippen LogP contribution in [0.3, 0.4) is 0 Å². The number of piperazine rings is 1. The van der Waals surface area contributed by atoms with Gasteiger partial charge in [0.2, 0.25) is 0 Å². The number of carbonyl (C=O) groups excluding carboxylic acids is 2. The van der Waals surface area contributed by atoms with Gasteiger partial charge in [0.1, 0.15) is 6.61 Å². The van der Waals surface area contributed by atoms with Gasteiger partial charge in [0.25, 0.3) is 5.91 Å². The maximum Gasteiger partial charge on any atom is 0.410 e. The zero-order valence-corrected chi connectivity index (χ0v) is 23.7. The molecule has 6 heteroatoms. The molecule has 2 saturated heterocycles. The third kappa shape index (κ3) is 5.13. The lowest BCUT2D eigenvalue weighted by Gasteiger charge is -2.36. The van der Waals surface area contributed by atoms with Gasteiger partial charge >= 0.3 is 6.09 Å². The highest BCUT2D eigenvalue weighted by molar-refractivity contribution is 5.95. The molecule has 0 radical (unpaired) electrons. The summed E-state index contributed by atoms with van der Waals surface area (Å²) < 4.78 is 5.72. The van der Waals surface area contributed by atoms with Crippen molar-refractivity contribution in [1.29, 1.82) is 0 Å². The quantitative estimate of drug-likeness (QED) is 0.268. The van der Waals surface area contributed by atoms with Gasteiger partial charge in [-0.25, -0.2) is 4.79 Å². The minimum atomic E-state index is -0.232. The number of nitrogens with zero attached hydrogens (tertiary/aromatic N) is 3. The number of hydrogen-bond acceptors (Lipinski definition) is 4. The van der Waals surface area contributed by atoms with E-state index in [2.05, 4.69) is 35.2 Å². The molecule has 6 nitrogen and oxygen atoms in total. The van der Waals surface area contributed by atoms with Crippen molar-refractivity contribution in [3.63, 3.8) is 0 Å². The fourth-order valence-corrected chi connectivity index (χ4v) is 6.77. The van der Waals surface area contributed by atoms with Crippen LogP contribution < -0.4 is 4.90 Å². The Balaban J connectivity index is 0.993. The van der Waals surface area contributed by atoms with E-state index < -0.39 is 0 Å². The van der Waals surface area contributed by atoms with Crippen LogP contribution in [-0.2, 0) is 11.3 Å². The molecule has 2 heterocycles. The number of amides is 2. The minimum Gasteiger partial charge on any atom is -0.445 e. The van der Waals surface area contributed by atoms with Gasteiger partial charge in [-0.05, 0) is 70.8 Å². The molecule has 1 aliphatic carbocycles. The van der Waals surface area contributed by atoms with Crippen LogP contribution in [0.4, 0.5) is 10.5 Å². The Morgan fingerprint density at radius 2 is 1.40 bits per heavy atom. The summed E-state index contributed by atoms with van der Waals surface area (Å²) in [4.78, 5) is 32.6. The van der Waals surface area contributed by atoms with Gasteiger partial charge in [0.05, 0.1) is 6.04 Å². The van der Waals surface area contributed by atoms with Crippen molar-refractivity contribution in [3.05, 3.63) is 125 Å². The Hall–Kier alpha value is -4.58. The summed E-state index contributed by atoms with van der Waals surface area (Å²) in [6.07, 6.45) is 1.70. The molecular weight excluding hydrogens is 522 g/mol. The van der Waals surface area contributed by atoms with Gasteiger partial charge in [-0.2, -0.15) is 0 Å². The summed E-state index contributed by atoms with van der Waals surface area (Å²) in [6.45, 7) is 3.94. The van der Waals surface area contributed by atoms with E-state index in [4.69, 9.17) is 4.74 Å². The van der Waals surface area contributed by atoms with Crippen LogP contribution in [0.15, 0.2) is 103 Å². The number of carbonyl (C=O) groups is 2. The molecule has 2 atom stereocenters. The highest BCUT2D eigenvalue weighted by atomic mass is 16.6. The number of anilines is 1. The summed E-state index contributed by atoms with van der Waals surface area (Å²) in [6, 6.07) is 34.8. The number of ether oxygens (including phenoxy) is 1. The molecule has 0 N–H and O–H groups in total. The second-order valence-electron chi connectivity index (χ2n) is 11.5. The summed E-state index contributed by atoms with van der Waals surface area (Å²) in [7, 11) is 0. The van der Waals surface area contributed by atoms with Crippen molar-refractivity contribution in [2.75, 3.05) is 37.6 Å². The second-order valence-corrected chi connectivity index (χ2v) is 11.5. The number of hydrogen-bond donors (Lipinski definition) is 0. The first kappa shape index (κ1) is 26.3. The van der Waals surface area contributed by atoms with E-state index in [0.717, 1.165) is 54.7 Å². The molecule has 2 amide bonds. The highest BCUT2D eigenvalue weighted by Gasteiger charge is 2.41. The van der Waals surface area contributed by atoms with Crippen molar-refractivity contribution in [2.45, 2.75) is 31.4 Å². The van der Waals surface area contributed by atoms with Crippen LogP contribution in [0.5, 0.6) is 0 Å². The maximum atomic E-state index is 13.3. The number of likely N-dealkylation sites (tertiary alicyclic amines) is 1. The third-order valence-corrected chi connectivity index (χ3v) is 9.08. The Morgan fingerprint density at radius 1 is 0.714 bits per heavy atom. The second kappa shape index (κ2) is 11.4. The Kier molecular flexibility index (Phi) is 7.12. The molecule has 4 aromatic rings.